The van der Waals surface area contributed by atoms with Gasteiger partial charge in [0.05, 0.1) is 12.2 Å². The van der Waals surface area contributed by atoms with Crippen molar-refractivity contribution in [1.82, 2.24) is 0 Å². The molecule has 1 N–H and O–H groups in total. The van der Waals surface area contributed by atoms with E-state index in [9.17, 15) is 10.1 Å². The summed E-state index contributed by atoms with van der Waals surface area (Å²) < 4.78 is 6.51. The maximum Gasteiger partial charge on any atom is 0.249 e. The van der Waals surface area contributed by atoms with Crippen molar-refractivity contribution in [2.75, 3.05) is 11.9 Å². The third kappa shape index (κ3) is 4.60. The van der Waals surface area contributed by atoms with Gasteiger partial charge in [0, 0.05) is 21.0 Å². The van der Waals surface area contributed by atoms with Crippen LogP contribution in [0.2, 0.25) is 0 Å². The summed E-state index contributed by atoms with van der Waals surface area (Å²) in [6, 6.07) is 7.95. The van der Waals surface area contributed by atoms with E-state index in [2.05, 4.69) is 34.2 Å². The van der Waals surface area contributed by atoms with Crippen molar-refractivity contribution in [1.29, 1.82) is 5.26 Å². The molecule has 3 rings (SSSR count). The van der Waals surface area contributed by atoms with Gasteiger partial charge in [-0.1, -0.05) is 22.9 Å². The number of amides is 1. The van der Waals surface area contributed by atoms with Crippen LogP contribution in [0.3, 0.4) is 0 Å². The Kier molecular flexibility index (Phi) is 6.35. The predicted octanol–water partition coefficient (Wildman–Crippen LogP) is 5.56. The fourth-order valence-electron chi connectivity index (χ4n) is 3.21. The minimum absolute atomic E-state index is 0.249. The normalized spacial score (nSPS) is 16.0. The highest BCUT2D eigenvalue weighted by Gasteiger charge is 2.24. The number of fused-ring (bicyclic) bond motifs is 1. The summed E-state index contributed by atoms with van der Waals surface area (Å²) in [7, 11) is 0. The van der Waals surface area contributed by atoms with Crippen LogP contribution < -0.4 is 10.1 Å². The standard InChI is InChI=1S/C21H21BrN2O2S/c1-3-26-18-8-6-15(22)11-14(18)5-9-20(25)24-21-17(12-23)16-7-4-13(2)10-19(16)27-21/h5-6,8-9,11,13H,3-4,7,10H2,1-2H3,(H,24,25)/b9-5+/t13-/m0/s1. The highest BCUT2D eigenvalue weighted by Crippen LogP contribution is 2.39. The molecule has 0 saturated carbocycles. The molecule has 0 unspecified atom stereocenters. The van der Waals surface area contributed by atoms with Gasteiger partial charge in [-0.2, -0.15) is 5.26 Å². The predicted molar refractivity (Wildman–Crippen MR) is 113 cm³/mol. The average molecular weight is 445 g/mol. The molecule has 0 saturated heterocycles. The molecule has 1 amide bonds. The zero-order chi connectivity index (χ0) is 19.4. The molecule has 0 bridgehead atoms. The fraction of sp³-hybridized carbons (Fsp3) is 0.333. The molecule has 0 fully saturated rings. The van der Waals surface area contributed by atoms with Crippen molar-refractivity contribution in [2.24, 2.45) is 5.92 Å². The molecule has 1 aliphatic carbocycles. The molecule has 0 radical (unpaired) electrons. The molecule has 0 aliphatic heterocycles. The smallest absolute Gasteiger partial charge is 0.249 e. The Morgan fingerprint density at radius 3 is 3.07 bits per heavy atom. The van der Waals surface area contributed by atoms with Crippen LogP contribution in [0.15, 0.2) is 28.7 Å². The van der Waals surface area contributed by atoms with E-state index in [0.717, 1.165) is 40.6 Å². The summed E-state index contributed by atoms with van der Waals surface area (Å²) in [5, 5.41) is 13.1. The van der Waals surface area contributed by atoms with Gasteiger partial charge in [-0.15, -0.1) is 11.3 Å². The Morgan fingerprint density at radius 2 is 2.33 bits per heavy atom. The molecule has 1 aromatic heterocycles. The first-order chi connectivity index (χ1) is 13.0. The van der Waals surface area contributed by atoms with Gasteiger partial charge in [-0.25, -0.2) is 0 Å². The van der Waals surface area contributed by atoms with Crippen molar-refractivity contribution in [3.63, 3.8) is 0 Å². The lowest BCUT2D eigenvalue weighted by Crippen LogP contribution is -2.10. The van der Waals surface area contributed by atoms with Gasteiger partial charge in [-0.3, -0.25) is 4.79 Å². The first kappa shape index (κ1) is 19.7. The Labute approximate surface area is 172 Å². The number of hydrogen-bond donors (Lipinski definition) is 1. The number of ether oxygens (including phenoxy) is 1. The van der Waals surface area contributed by atoms with Gasteiger partial charge < -0.3 is 10.1 Å². The van der Waals surface area contributed by atoms with Gasteiger partial charge in [0.25, 0.3) is 0 Å². The number of anilines is 1. The number of benzene rings is 1. The van der Waals surface area contributed by atoms with Gasteiger partial charge in [0.2, 0.25) is 5.91 Å². The number of halogens is 1. The summed E-state index contributed by atoms with van der Waals surface area (Å²) in [4.78, 5) is 13.7. The maximum absolute atomic E-state index is 12.4. The zero-order valence-electron chi connectivity index (χ0n) is 15.3. The minimum atomic E-state index is -0.249. The third-order valence-corrected chi connectivity index (χ3v) is 6.21. The van der Waals surface area contributed by atoms with E-state index in [1.165, 1.54) is 22.3 Å². The number of carbonyl (C=O) groups is 1. The number of carbonyl (C=O) groups excluding carboxylic acids is 1. The molecule has 4 nitrogen and oxygen atoms in total. The Balaban J connectivity index is 1.78. The number of hydrogen-bond acceptors (Lipinski definition) is 4. The molecule has 27 heavy (non-hydrogen) atoms. The lowest BCUT2D eigenvalue weighted by atomic mass is 9.89. The van der Waals surface area contributed by atoms with Crippen LogP contribution in [-0.4, -0.2) is 12.5 Å². The zero-order valence-corrected chi connectivity index (χ0v) is 17.7. The van der Waals surface area contributed by atoms with E-state index in [0.29, 0.717) is 23.1 Å². The van der Waals surface area contributed by atoms with Crippen molar-refractivity contribution < 1.29 is 9.53 Å². The summed E-state index contributed by atoms with van der Waals surface area (Å²) >= 11 is 4.97. The number of nitrogens with one attached hydrogen (secondary N) is 1. The van der Waals surface area contributed by atoms with Crippen LogP contribution in [0.25, 0.3) is 6.08 Å². The molecule has 0 spiro atoms. The van der Waals surface area contributed by atoms with Crippen molar-refractivity contribution >= 4 is 44.3 Å². The summed E-state index contributed by atoms with van der Waals surface area (Å²) in [5.41, 5.74) is 2.56. The van der Waals surface area contributed by atoms with Gasteiger partial charge in [0.1, 0.15) is 16.8 Å². The number of nitrogens with zero attached hydrogens (tertiary/aromatic N) is 1. The molecular weight excluding hydrogens is 424 g/mol. The Bertz CT molecular complexity index is 927. The fourth-order valence-corrected chi connectivity index (χ4v) is 4.96. The van der Waals surface area contributed by atoms with Crippen LogP contribution in [0.5, 0.6) is 5.75 Å². The van der Waals surface area contributed by atoms with Crippen LogP contribution in [0.4, 0.5) is 5.00 Å². The van der Waals surface area contributed by atoms with Gasteiger partial charge >= 0.3 is 0 Å². The van der Waals surface area contributed by atoms with Crippen LogP contribution in [-0.2, 0) is 17.6 Å². The molecule has 2 aromatic rings. The summed E-state index contributed by atoms with van der Waals surface area (Å²) in [5.74, 6) is 1.10. The second-order valence-electron chi connectivity index (χ2n) is 6.61. The number of rotatable bonds is 5. The van der Waals surface area contributed by atoms with Gasteiger partial charge in [0.15, 0.2) is 0 Å². The SMILES string of the molecule is CCOc1ccc(Br)cc1/C=C/C(=O)Nc1sc2c(c1C#N)CC[C@H](C)C2. The first-order valence-corrected chi connectivity index (χ1v) is 10.6. The number of thiophene rings is 1. The lowest BCUT2D eigenvalue weighted by Gasteiger charge is -2.17. The van der Waals surface area contributed by atoms with E-state index in [4.69, 9.17) is 4.74 Å². The highest BCUT2D eigenvalue weighted by molar-refractivity contribution is 9.10. The quantitative estimate of drug-likeness (QED) is 0.614. The second kappa shape index (κ2) is 8.73. The maximum atomic E-state index is 12.4. The largest absolute Gasteiger partial charge is 0.493 e. The van der Waals surface area contributed by atoms with Crippen LogP contribution in [0.1, 0.15) is 41.8 Å². The molecule has 1 aliphatic rings. The molecule has 1 atom stereocenters. The second-order valence-corrected chi connectivity index (χ2v) is 8.63. The average Bonchev–Trinajstić information content (AvgIpc) is 2.97. The Morgan fingerprint density at radius 1 is 1.52 bits per heavy atom. The van der Waals surface area contributed by atoms with E-state index in [1.54, 1.807) is 6.08 Å². The summed E-state index contributed by atoms with van der Waals surface area (Å²) in [6.45, 7) is 4.70. The summed E-state index contributed by atoms with van der Waals surface area (Å²) in [6.07, 6.45) is 6.20. The molecule has 1 aromatic carbocycles. The monoisotopic (exact) mass is 444 g/mol. The van der Waals surface area contributed by atoms with Gasteiger partial charge in [-0.05, 0) is 61.9 Å². The lowest BCUT2D eigenvalue weighted by molar-refractivity contribution is -0.111. The minimum Gasteiger partial charge on any atom is -0.493 e. The molecule has 1 heterocycles. The first-order valence-electron chi connectivity index (χ1n) is 8.97. The van der Waals surface area contributed by atoms with E-state index >= 15 is 0 Å². The molecular formula is C21H21BrN2O2S. The third-order valence-electron chi connectivity index (χ3n) is 4.55. The van der Waals surface area contributed by atoms with E-state index in [-0.39, 0.29) is 5.91 Å². The van der Waals surface area contributed by atoms with Crippen molar-refractivity contribution in [2.45, 2.75) is 33.1 Å². The highest BCUT2D eigenvalue weighted by atomic mass is 79.9. The molecule has 140 valence electrons. The van der Waals surface area contributed by atoms with Crippen molar-refractivity contribution in [3.8, 4) is 11.8 Å². The van der Waals surface area contributed by atoms with Crippen LogP contribution >= 0.6 is 27.3 Å². The number of nitriles is 1. The van der Waals surface area contributed by atoms with Crippen LogP contribution in [0, 0.1) is 17.2 Å². The Hall–Kier alpha value is -2.10. The van der Waals surface area contributed by atoms with Crippen molar-refractivity contribution in [3.05, 3.63) is 50.3 Å². The van der Waals surface area contributed by atoms with E-state index in [1.807, 2.05) is 25.1 Å². The topological polar surface area (TPSA) is 62.1 Å². The van der Waals surface area contributed by atoms with E-state index < -0.39 is 0 Å². The molecule has 6 heteroatoms.